The number of ether oxygens (including phenoxy) is 1. The van der Waals surface area contributed by atoms with E-state index in [4.69, 9.17) is 4.74 Å². The summed E-state index contributed by atoms with van der Waals surface area (Å²) in [5.74, 6) is 0. The van der Waals surface area contributed by atoms with Crippen LogP contribution < -0.4 is 5.32 Å². The van der Waals surface area contributed by atoms with E-state index >= 15 is 0 Å². The lowest BCUT2D eigenvalue weighted by Crippen LogP contribution is -2.30. The summed E-state index contributed by atoms with van der Waals surface area (Å²) in [5, 5.41) is 14.1. The summed E-state index contributed by atoms with van der Waals surface area (Å²) >= 11 is 0. The SMILES string of the molecule is CCOCC(C)NCc1cccc([N+](=O)[O-])c1C. The van der Waals surface area contributed by atoms with Crippen molar-refractivity contribution in [3.8, 4) is 0 Å². The van der Waals surface area contributed by atoms with Crippen molar-refractivity contribution in [1.82, 2.24) is 5.32 Å². The van der Waals surface area contributed by atoms with Gasteiger partial charge in [-0.1, -0.05) is 12.1 Å². The molecule has 0 amide bonds. The van der Waals surface area contributed by atoms with Crippen molar-refractivity contribution in [1.29, 1.82) is 0 Å². The first-order valence-corrected chi connectivity index (χ1v) is 6.10. The highest BCUT2D eigenvalue weighted by Crippen LogP contribution is 2.20. The molecule has 0 saturated carbocycles. The number of nitro benzene ring substituents is 1. The lowest BCUT2D eigenvalue weighted by atomic mass is 10.1. The van der Waals surface area contributed by atoms with Gasteiger partial charge in [-0.3, -0.25) is 10.1 Å². The molecule has 0 radical (unpaired) electrons. The van der Waals surface area contributed by atoms with Gasteiger partial charge in [0, 0.05) is 30.8 Å². The molecular weight excluding hydrogens is 232 g/mol. The maximum absolute atomic E-state index is 10.8. The zero-order chi connectivity index (χ0) is 13.5. The molecule has 18 heavy (non-hydrogen) atoms. The molecule has 1 aromatic carbocycles. The second kappa shape index (κ2) is 7.08. The fourth-order valence-corrected chi connectivity index (χ4v) is 1.70. The first-order chi connectivity index (χ1) is 8.56. The minimum atomic E-state index is -0.345. The fourth-order valence-electron chi connectivity index (χ4n) is 1.70. The molecule has 0 saturated heterocycles. The molecule has 5 heteroatoms. The van der Waals surface area contributed by atoms with Crippen LogP contribution in [0.5, 0.6) is 0 Å². The summed E-state index contributed by atoms with van der Waals surface area (Å²) < 4.78 is 5.31. The molecule has 0 aliphatic heterocycles. The number of nitro groups is 1. The highest BCUT2D eigenvalue weighted by molar-refractivity contribution is 5.44. The Morgan fingerprint density at radius 3 is 2.83 bits per heavy atom. The Bertz CT molecular complexity index is 407. The third-order valence-electron chi connectivity index (χ3n) is 2.83. The van der Waals surface area contributed by atoms with Crippen molar-refractivity contribution in [2.45, 2.75) is 33.4 Å². The number of nitrogens with zero attached hydrogens (tertiary/aromatic N) is 1. The van der Waals surface area contributed by atoms with Gasteiger partial charge in [-0.25, -0.2) is 0 Å². The van der Waals surface area contributed by atoms with Gasteiger partial charge in [0.25, 0.3) is 5.69 Å². The van der Waals surface area contributed by atoms with Gasteiger partial charge in [0.1, 0.15) is 0 Å². The minimum Gasteiger partial charge on any atom is -0.380 e. The quantitative estimate of drug-likeness (QED) is 0.598. The van der Waals surface area contributed by atoms with E-state index in [-0.39, 0.29) is 16.7 Å². The molecule has 0 spiro atoms. The fraction of sp³-hybridized carbons (Fsp3) is 0.538. The molecule has 1 N–H and O–H groups in total. The van der Waals surface area contributed by atoms with Crippen LogP contribution in [0.4, 0.5) is 5.69 Å². The number of rotatable bonds is 7. The molecule has 1 rings (SSSR count). The number of benzene rings is 1. The lowest BCUT2D eigenvalue weighted by molar-refractivity contribution is -0.385. The number of nitrogens with one attached hydrogen (secondary N) is 1. The van der Waals surface area contributed by atoms with Crippen LogP contribution in [0.25, 0.3) is 0 Å². The zero-order valence-electron chi connectivity index (χ0n) is 11.1. The molecule has 5 nitrogen and oxygen atoms in total. The molecule has 1 aromatic rings. The predicted octanol–water partition coefficient (Wildman–Crippen LogP) is 2.42. The average molecular weight is 252 g/mol. The normalized spacial score (nSPS) is 12.4. The molecule has 0 aliphatic rings. The van der Waals surface area contributed by atoms with Crippen molar-refractivity contribution >= 4 is 5.69 Å². The summed E-state index contributed by atoms with van der Waals surface area (Å²) in [6.45, 7) is 7.72. The van der Waals surface area contributed by atoms with Crippen molar-refractivity contribution in [2.75, 3.05) is 13.2 Å². The first kappa shape index (κ1) is 14.6. The predicted molar refractivity (Wildman–Crippen MR) is 70.6 cm³/mol. The van der Waals surface area contributed by atoms with Gasteiger partial charge in [0.05, 0.1) is 11.5 Å². The second-order valence-electron chi connectivity index (χ2n) is 4.26. The Morgan fingerprint density at radius 1 is 1.50 bits per heavy atom. The van der Waals surface area contributed by atoms with E-state index in [0.717, 1.165) is 11.1 Å². The van der Waals surface area contributed by atoms with Crippen LogP contribution in [0.3, 0.4) is 0 Å². The second-order valence-corrected chi connectivity index (χ2v) is 4.26. The molecule has 1 atom stereocenters. The summed E-state index contributed by atoms with van der Waals surface area (Å²) in [7, 11) is 0. The van der Waals surface area contributed by atoms with E-state index in [1.54, 1.807) is 13.0 Å². The maximum atomic E-state index is 10.8. The average Bonchev–Trinajstić information content (AvgIpc) is 2.34. The lowest BCUT2D eigenvalue weighted by Gasteiger charge is -2.14. The summed E-state index contributed by atoms with van der Waals surface area (Å²) in [4.78, 5) is 10.5. The smallest absolute Gasteiger partial charge is 0.272 e. The first-order valence-electron chi connectivity index (χ1n) is 6.10. The molecule has 0 aromatic heterocycles. The topological polar surface area (TPSA) is 64.4 Å². The third-order valence-corrected chi connectivity index (χ3v) is 2.83. The van der Waals surface area contributed by atoms with Gasteiger partial charge in [-0.2, -0.15) is 0 Å². The molecular formula is C13H20N2O3. The zero-order valence-corrected chi connectivity index (χ0v) is 11.1. The third kappa shape index (κ3) is 4.09. The van der Waals surface area contributed by atoms with Crippen molar-refractivity contribution < 1.29 is 9.66 Å². The van der Waals surface area contributed by atoms with Gasteiger partial charge < -0.3 is 10.1 Å². The largest absolute Gasteiger partial charge is 0.380 e. The van der Waals surface area contributed by atoms with Crippen LogP contribution in [0.15, 0.2) is 18.2 Å². The monoisotopic (exact) mass is 252 g/mol. The van der Waals surface area contributed by atoms with Gasteiger partial charge in [0.2, 0.25) is 0 Å². The Balaban J connectivity index is 2.62. The van der Waals surface area contributed by atoms with E-state index in [0.29, 0.717) is 19.8 Å². The molecule has 100 valence electrons. The molecule has 0 aliphatic carbocycles. The Kier molecular flexibility index (Phi) is 5.74. The van der Waals surface area contributed by atoms with E-state index in [1.807, 2.05) is 19.9 Å². The number of hydrogen-bond acceptors (Lipinski definition) is 4. The Morgan fingerprint density at radius 2 is 2.22 bits per heavy atom. The van der Waals surface area contributed by atoms with Crippen LogP contribution in [0.2, 0.25) is 0 Å². The van der Waals surface area contributed by atoms with E-state index < -0.39 is 0 Å². The Hall–Kier alpha value is -1.46. The van der Waals surface area contributed by atoms with Crippen LogP contribution >= 0.6 is 0 Å². The van der Waals surface area contributed by atoms with E-state index in [9.17, 15) is 10.1 Å². The van der Waals surface area contributed by atoms with Crippen LogP contribution in [0.1, 0.15) is 25.0 Å². The molecule has 1 unspecified atom stereocenters. The highest BCUT2D eigenvalue weighted by Gasteiger charge is 2.13. The van der Waals surface area contributed by atoms with Gasteiger partial charge >= 0.3 is 0 Å². The maximum Gasteiger partial charge on any atom is 0.272 e. The minimum absolute atomic E-state index is 0.173. The summed E-state index contributed by atoms with van der Waals surface area (Å²) in [6.07, 6.45) is 0. The standard InChI is InChI=1S/C13H20N2O3/c1-4-18-9-10(2)14-8-12-6-5-7-13(11(12)3)15(16)17/h5-7,10,14H,4,8-9H2,1-3H3. The van der Waals surface area contributed by atoms with Gasteiger partial charge in [-0.15, -0.1) is 0 Å². The highest BCUT2D eigenvalue weighted by atomic mass is 16.6. The van der Waals surface area contributed by atoms with Gasteiger partial charge in [0.15, 0.2) is 0 Å². The summed E-state index contributed by atoms with van der Waals surface area (Å²) in [6, 6.07) is 5.38. The van der Waals surface area contributed by atoms with Gasteiger partial charge in [-0.05, 0) is 26.3 Å². The number of hydrogen-bond donors (Lipinski definition) is 1. The van der Waals surface area contributed by atoms with Crippen LogP contribution in [0, 0.1) is 17.0 Å². The summed E-state index contributed by atoms with van der Waals surface area (Å²) in [5.41, 5.74) is 1.85. The molecule has 0 bridgehead atoms. The van der Waals surface area contributed by atoms with E-state index in [1.165, 1.54) is 6.07 Å². The van der Waals surface area contributed by atoms with E-state index in [2.05, 4.69) is 5.32 Å². The molecule has 0 heterocycles. The van der Waals surface area contributed by atoms with Crippen LogP contribution in [-0.4, -0.2) is 24.2 Å². The Labute approximate surface area is 107 Å². The van der Waals surface area contributed by atoms with Crippen LogP contribution in [-0.2, 0) is 11.3 Å². The van der Waals surface area contributed by atoms with Crippen molar-refractivity contribution in [3.05, 3.63) is 39.4 Å². The molecule has 0 fully saturated rings. The van der Waals surface area contributed by atoms with Crippen molar-refractivity contribution in [2.24, 2.45) is 0 Å². The van der Waals surface area contributed by atoms with Crippen molar-refractivity contribution in [3.63, 3.8) is 0 Å².